The van der Waals surface area contributed by atoms with E-state index in [1.165, 1.54) is 19.2 Å². The van der Waals surface area contributed by atoms with E-state index in [0.717, 1.165) is 32.2 Å². The molecule has 0 spiro atoms. The Hall–Kier alpha value is -1.44. The Morgan fingerprint density at radius 1 is 1.29 bits per heavy atom. The van der Waals surface area contributed by atoms with Gasteiger partial charge in [-0.05, 0) is 49.9 Å². The van der Waals surface area contributed by atoms with E-state index in [1.807, 2.05) is 4.90 Å². The van der Waals surface area contributed by atoms with Crippen molar-refractivity contribution in [2.45, 2.75) is 43.5 Å². The number of piperidine rings is 1. The summed E-state index contributed by atoms with van der Waals surface area (Å²) in [6.45, 7) is 3.39. The molecule has 1 aromatic rings. The van der Waals surface area contributed by atoms with Crippen LogP contribution in [0.1, 0.15) is 43.0 Å². The molecule has 1 aromatic carbocycles. The van der Waals surface area contributed by atoms with Gasteiger partial charge in [-0.25, -0.2) is 13.1 Å². The smallest absolute Gasteiger partial charge is 0.254 e. The highest BCUT2D eigenvalue weighted by Gasteiger charge is 2.26. The molecule has 0 radical (unpaired) electrons. The molecule has 1 amide bonds. The number of rotatable bonds is 7. The van der Waals surface area contributed by atoms with E-state index >= 15 is 0 Å². The van der Waals surface area contributed by atoms with E-state index in [1.54, 1.807) is 12.1 Å². The van der Waals surface area contributed by atoms with Gasteiger partial charge in [0.1, 0.15) is 0 Å². The molecule has 7 heteroatoms. The van der Waals surface area contributed by atoms with Crippen LogP contribution in [0.4, 0.5) is 0 Å². The van der Waals surface area contributed by atoms with E-state index in [2.05, 4.69) is 11.6 Å². The van der Waals surface area contributed by atoms with Gasteiger partial charge in [0, 0.05) is 31.8 Å². The lowest BCUT2D eigenvalue weighted by Gasteiger charge is -2.35. The number of benzene rings is 1. The third-order valence-corrected chi connectivity index (χ3v) is 5.85. The molecule has 1 unspecified atom stereocenters. The van der Waals surface area contributed by atoms with Crippen LogP contribution in [0.5, 0.6) is 0 Å². The quantitative estimate of drug-likeness (QED) is 0.760. The zero-order chi connectivity index (χ0) is 17.6. The summed E-state index contributed by atoms with van der Waals surface area (Å²) in [7, 11) is -2.06. The largest absolute Gasteiger partial charge is 0.383 e. The van der Waals surface area contributed by atoms with Crippen LogP contribution in [-0.4, -0.2) is 52.1 Å². The highest BCUT2D eigenvalue weighted by molar-refractivity contribution is 7.89. The van der Waals surface area contributed by atoms with Crippen LogP contribution in [0.3, 0.4) is 0 Å². The first kappa shape index (κ1) is 18.9. The lowest BCUT2D eigenvalue weighted by atomic mass is 9.99. The number of carbonyl (C=O) groups is 1. The maximum atomic E-state index is 12.7. The van der Waals surface area contributed by atoms with Crippen molar-refractivity contribution < 1.29 is 17.9 Å². The number of hydrogen-bond acceptors (Lipinski definition) is 4. The molecule has 1 saturated heterocycles. The molecule has 134 valence electrons. The van der Waals surface area contributed by atoms with Gasteiger partial charge in [0.25, 0.3) is 5.91 Å². The Morgan fingerprint density at radius 2 is 2.00 bits per heavy atom. The van der Waals surface area contributed by atoms with E-state index < -0.39 is 10.0 Å². The number of sulfonamides is 1. The minimum Gasteiger partial charge on any atom is -0.383 e. The van der Waals surface area contributed by atoms with Crippen molar-refractivity contribution in [1.29, 1.82) is 0 Å². The van der Waals surface area contributed by atoms with Gasteiger partial charge in [-0.2, -0.15) is 0 Å². The van der Waals surface area contributed by atoms with E-state index in [0.29, 0.717) is 12.2 Å². The lowest BCUT2D eigenvalue weighted by molar-refractivity contribution is 0.0608. The number of methoxy groups -OCH3 is 1. The predicted molar refractivity (Wildman–Crippen MR) is 92.5 cm³/mol. The second-order valence-corrected chi connectivity index (χ2v) is 7.74. The molecular weight excluding hydrogens is 328 g/mol. The van der Waals surface area contributed by atoms with Gasteiger partial charge in [0.15, 0.2) is 0 Å². The maximum absolute atomic E-state index is 12.7. The first-order valence-electron chi connectivity index (χ1n) is 8.39. The topological polar surface area (TPSA) is 75.7 Å². The molecule has 1 heterocycles. The second kappa shape index (κ2) is 8.60. The fraction of sp³-hybridized carbons (Fsp3) is 0.588. The molecule has 0 bridgehead atoms. The van der Waals surface area contributed by atoms with Gasteiger partial charge in [0.05, 0.1) is 11.5 Å². The first-order valence-corrected chi connectivity index (χ1v) is 9.87. The molecule has 6 nitrogen and oxygen atoms in total. The standard InChI is InChI=1S/C17H26N2O4S/c1-3-15-6-4-5-12-19(15)17(20)14-7-9-16(10-8-14)24(21,22)18-11-13-23-2/h7-10,15,18H,3-6,11-13H2,1-2H3. The van der Waals surface area contributed by atoms with Crippen molar-refractivity contribution in [2.75, 3.05) is 26.8 Å². The van der Waals surface area contributed by atoms with Crippen LogP contribution in [0.2, 0.25) is 0 Å². The fourth-order valence-electron chi connectivity index (χ4n) is 3.00. The molecule has 1 atom stereocenters. The summed E-state index contributed by atoms with van der Waals surface area (Å²) in [5.41, 5.74) is 0.534. The number of hydrogen-bond donors (Lipinski definition) is 1. The third kappa shape index (κ3) is 4.55. The number of ether oxygens (including phenoxy) is 1. The molecular formula is C17H26N2O4S. The molecule has 1 aliphatic rings. The van der Waals surface area contributed by atoms with Crippen LogP contribution in [0.25, 0.3) is 0 Å². The van der Waals surface area contributed by atoms with Crippen LogP contribution in [0, 0.1) is 0 Å². The summed E-state index contributed by atoms with van der Waals surface area (Å²) in [6, 6.07) is 6.43. The zero-order valence-electron chi connectivity index (χ0n) is 14.3. The number of nitrogens with zero attached hydrogens (tertiary/aromatic N) is 1. The Bertz CT molecular complexity index is 643. The summed E-state index contributed by atoms with van der Waals surface area (Å²) in [4.78, 5) is 14.8. The molecule has 2 rings (SSSR count). The zero-order valence-corrected chi connectivity index (χ0v) is 15.1. The Labute approximate surface area is 144 Å². The molecule has 1 aliphatic heterocycles. The molecule has 0 saturated carbocycles. The van der Waals surface area contributed by atoms with Crippen LogP contribution >= 0.6 is 0 Å². The lowest BCUT2D eigenvalue weighted by Crippen LogP contribution is -2.43. The highest BCUT2D eigenvalue weighted by Crippen LogP contribution is 2.22. The minimum absolute atomic E-state index is 0.0159. The summed E-state index contributed by atoms with van der Waals surface area (Å²) >= 11 is 0. The number of amides is 1. The van der Waals surface area contributed by atoms with Crippen molar-refractivity contribution in [3.05, 3.63) is 29.8 Å². The van der Waals surface area contributed by atoms with E-state index in [9.17, 15) is 13.2 Å². The number of likely N-dealkylation sites (tertiary alicyclic amines) is 1. The van der Waals surface area contributed by atoms with Crippen molar-refractivity contribution >= 4 is 15.9 Å². The van der Waals surface area contributed by atoms with Crippen molar-refractivity contribution in [3.8, 4) is 0 Å². The van der Waals surface area contributed by atoms with E-state index in [-0.39, 0.29) is 23.4 Å². The van der Waals surface area contributed by atoms with Crippen molar-refractivity contribution in [2.24, 2.45) is 0 Å². The van der Waals surface area contributed by atoms with Crippen molar-refractivity contribution in [1.82, 2.24) is 9.62 Å². The first-order chi connectivity index (χ1) is 11.5. The highest BCUT2D eigenvalue weighted by atomic mass is 32.2. The van der Waals surface area contributed by atoms with Crippen LogP contribution < -0.4 is 4.72 Å². The van der Waals surface area contributed by atoms with Gasteiger partial charge in [-0.1, -0.05) is 6.92 Å². The average molecular weight is 354 g/mol. The normalized spacial score (nSPS) is 18.6. The number of nitrogens with one attached hydrogen (secondary N) is 1. The Kier molecular flexibility index (Phi) is 6.77. The van der Waals surface area contributed by atoms with Gasteiger partial charge < -0.3 is 9.64 Å². The summed E-state index contributed by atoms with van der Waals surface area (Å²) in [5.74, 6) is -0.0159. The third-order valence-electron chi connectivity index (χ3n) is 4.37. The van der Waals surface area contributed by atoms with E-state index in [4.69, 9.17) is 4.74 Å². The summed E-state index contributed by atoms with van der Waals surface area (Å²) in [6.07, 6.45) is 4.17. The van der Waals surface area contributed by atoms with Gasteiger partial charge in [-0.3, -0.25) is 4.79 Å². The minimum atomic E-state index is -3.57. The molecule has 0 aliphatic carbocycles. The van der Waals surface area contributed by atoms with Crippen molar-refractivity contribution in [3.63, 3.8) is 0 Å². The summed E-state index contributed by atoms with van der Waals surface area (Å²) in [5, 5.41) is 0. The molecule has 0 aromatic heterocycles. The monoisotopic (exact) mass is 354 g/mol. The number of carbonyl (C=O) groups excluding carboxylic acids is 1. The van der Waals surface area contributed by atoms with Crippen LogP contribution in [-0.2, 0) is 14.8 Å². The molecule has 1 fully saturated rings. The molecule has 24 heavy (non-hydrogen) atoms. The van der Waals surface area contributed by atoms with Gasteiger partial charge in [-0.15, -0.1) is 0 Å². The molecule has 1 N–H and O–H groups in total. The SMILES string of the molecule is CCC1CCCCN1C(=O)c1ccc(S(=O)(=O)NCCOC)cc1. The maximum Gasteiger partial charge on any atom is 0.254 e. The Morgan fingerprint density at radius 3 is 2.62 bits per heavy atom. The van der Waals surface area contributed by atoms with Crippen LogP contribution in [0.15, 0.2) is 29.2 Å². The van der Waals surface area contributed by atoms with Gasteiger partial charge in [0.2, 0.25) is 10.0 Å². The fourth-order valence-corrected chi connectivity index (χ4v) is 4.01. The second-order valence-electron chi connectivity index (χ2n) is 5.97. The average Bonchev–Trinajstić information content (AvgIpc) is 2.61. The predicted octanol–water partition coefficient (Wildman–Crippen LogP) is 2.02. The van der Waals surface area contributed by atoms with Gasteiger partial charge >= 0.3 is 0 Å². The Balaban J connectivity index is 2.09. The summed E-state index contributed by atoms with van der Waals surface area (Å²) < 4.78 is 31.5.